The third-order valence-corrected chi connectivity index (χ3v) is 7.04. The normalized spacial score (nSPS) is 12.2. The third-order valence-electron chi connectivity index (χ3n) is 5.86. The van der Waals surface area contributed by atoms with Gasteiger partial charge in [0.2, 0.25) is 0 Å². The number of thiophene rings is 1. The van der Waals surface area contributed by atoms with E-state index in [9.17, 15) is 22.8 Å². The number of hydrogen-bond donors (Lipinski definition) is 2. The summed E-state index contributed by atoms with van der Waals surface area (Å²) in [5.41, 5.74) is 1.69. The van der Waals surface area contributed by atoms with Crippen molar-refractivity contribution in [3.8, 4) is 16.9 Å². The first-order chi connectivity index (χ1) is 17.6. The molecule has 0 saturated heterocycles. The Bertz CT molecular complexity index is 1200. The number of unbranched alkanes of at least 4 members (excludes halogenated alkanes) is 2. The Morgan fingerprint density at radius 2 is 1.78 bits per heavy atom. The maximum absolute atomic E-state index is 12.9. The quantitative estimate of drug-likeness (QED) is 0.235. The maximum Gasteiger partial charge on any atom is 0.416 e. The van der Waals surface area contributed by atoms with Gasteiger partial charge in [-0.2, -0.15) is 13.2 Å². The minimum Gasteiger partial charge on any atom is -0.485 e. The molecule has 198 valence electrons. The van der Waals surface area contributed by atoms with Crippen molar-refractivity contribution in [2.75, 3.05) is 6.54 Å². The van der Waals surface area contributed by atoms with Gasteiger partial charge in [-0.3, -0.25) is 9.59 Å². The molecule has 9 heteroatoms. The summed E-state index contributed by atoms with van der Waals surface area (Å²) >= 11 is 1.32. The predicted molar refractivity (Wildman–Crippen MR) is 138 cm³/mol. The lowest BCUT2D eigenvalue weighted by Gasteiger charge is -2.19. The van der Waals surface area contributed by atoms with E-state index in [1.807, 2.05) is 25.1 Å². The number of aliphatic carboxylic acids is 1. The molecule has 0 aliphatic heterocycles. The number of ether oxygens (including phenoxy) is 1. The number of benzene rings is 2. The van der Waals surface area contributed by atoms with Crippen molar-refractivity contribution in [2.24, 2.45) is 0 Å². The lowest BCUT2D eigenvalue weighted by Crippen LogP contribution is -2.25. The summed E-state index contributed by atoms with van der Waals surface area (Å²) in [6, 6.07) is 14.2. The molecule has 0 fully saturated rings. The van der Waals surface area contributed by atoms with Crippen LogP contribution in [0.2, 0.25) is 0 Å². The minimum absolute atomic E-state index is 0.0579. The summed E-state index contributed by atoms with van der Waals surface area (Å²) < 4.78 is 45.0. The van der Waals surface area contributed by atoms with Gasteiger partial charge in [0.05, 0.1) is 16.9 Å². The number of halogens is 3. The smallest absolute Gasteiger partial charge is 0.416 e. The fraction of sp³-hybridized carbons (Fsp3) is 0.357. The summed E-state index contributed by atoms with van der Waals surface area (Å²) in [4.78, 5) is 24.4. The van der Waals surface area contributed by atoms with Crippen molar-refractivity contribution in [1.82, 2.24) is 5.32 Å². The zero-order valence-electron chi connectivity index (χ0n) is 20.7. The maximum atomic E-state index is 12.9. The summed E-state index contributed by atoms with van der Waals surface area (Å²) in [6.07, 6.45) is -0.994. The molecular weight excluding hydrogens is 503 g/mol. The van der Waals surface area contributed by atoms with Crippen LogP contribution in [0.15, 0.2) is 54.6 Å². The van der Waals surface area contributed by atoms with Crippen LogP contribution in [0.3, 0.4) is 0 Å². The van der Waals surface area contributed by atoms with Gasteiger partial charge in [-0.15, -0.1) is 11.3 Å². The Hall–Kier alpha value is -3.33. The van der Waals surface area contributed by atoms with E-state index in [-0.39, 0.29) is 25.0 Å². The lowest BCUT2D eigenvalue weighted by atomic mass is 9.99. The molecule has 0 bridgehead atoms. The van der Waals surface area contributed by atoms with E-state index in [0.29, 0.717) is 16.2 Å². The number of carbonyl (C=O) groups excluding carboxylic acids is 1. The Morgan fingerprint density at radius 3 is 2.41 bits per heavy atom. The van der Waals surface area contributed by atoms with E-state index < -0.39 is 17.7 Å². The van der Waals surface area contributed by atoms with Gasteiger partial charge >= 0.3 is 12.1 Å². The number of aryl methyl sites for hydroxylation is 1. The number of carbonyl (C=O) groups is 2. The molecule has 3 rings (SSSR count). The fourth-order valence-corrected chi connectivity index (χ4v) is 4.88. The van der Waals surface area contributed by atoms with Gasteiger partial charge in [-0.05, 0) is 72.9 Å². The highest BCUT2D eigenvalue weighted by atomic mass is 32.1. The Balaban J connectivity index is 1.75. The van der Waals surface area contributed by atoms with Gasteiger partial charge < -0.3 is 15.2 Å². The van der Waals surface area contributed by atoms with E-state index >= 15 is 0 Å². The van der Waals surface area contributed by atoms with E-state index in [1.54, 1.807) is 12.1 Å². The zero-order chi connectivity index (χ0) is 27.0. The topological polar surface area (TPSA) is 75.6 Å². The van der Waals surface area contributed by atoms with Crippen molar-refractivity contribution >= 4 is 23.2 Å². The first-order valence-corrected chi connectivity index (χ1v) is 12.9. The van der Waals surface area contributed by atoms with Gasteiger partial charge in [0.1, 0.15) is 11.9 Å². The monoisotopic (exact) mass is 533 g/mol. The summed E-state index contributed by atoms with van der Waals surface area (Å²) in [6.45, 7) is 4.06. The molecule has 2 aromatic carbocycles. The van der Waals surface area contributed by atoms with Crippen LogP contribution in [-0.4, -0.2) is 23.5 Å². The van der Waals surface area contributed by atoms with Gasteiger partial charge in [-0.25, -0.2) is 0 Å². The molecule has 0 saturated carbocycles. The van der Waals surface area contributed by atoms with Crippen LogP contribution < -0.4 is 10.1 Å². The van der Waals surface area contributed by atoms with E-state index in [2.05, 4.69) is 12.2 Å². The van der Waals surface area contributed by atoms with Gasteiger partial charge in [0.25, 0.3) is 5.91 Å². The first kappa shape index (κ1) is 28.2. The van der Waals surface area contributed by atoms with Crippen LogP contribution in [0.1, 0.15) is 70.8 Å². The highest BCUT2D eigenvalue weighted by Crippen LogP contribution is 2.35. The average molecular weight is 534 g/mol. The molecule has 1 atom stereocenters. The number of hydrogen-bond acceptors (Lipinski definition) is 4. The van der Waals surface area contributed by atoms with Gasteiger partial charge in [0.15, 0.2) is 0 Å². The first-order valence-electron chi connectivity index (χ1n) is 12.1. The lowest BCUT2D eigenvalue weighted by molar-refractivity contribution is -0.138. The number of rotatable bonds is 12. The van der Waals surface area contributed by atoms with Crippen molar-refractivity contribution in [3.05, 3.63) is 75.5 Å². The van der Waals surface area contributed by atoms with Crippen LogP contribution in [0.25, 0.3) is 11.1 Å². The molecule has 0 radical (unpaired) electrons. The number of alkyl halides is 3. The molecule has 1 unspecified atom stereocenters. The second-order valence-electron chi connectivity index (χ2n) is 8.76. The molecule has 3 aromatic rings. The number of carboxylic acids is 1. The van der Waals surface area contributed by atoms with Gasteiger partial charge in [0, 0.05) is 11.4 Å². The second kappa shape index (κ2) is 12.8. The molecule has 0 spiro atoms. The largest absolute Gasteiger partial charge is 0.485 e. The molecule has 5 nitrogen and oxygen atoms in total. The van der Waals surface area contributed by atoms with Crippen molar-refractivity contribution in [1.29, 1.82) is 0 Å². The van der Waals surface area contributed by atoms with Crippen molar-refractivity contribution < 1.29 is 32.6 Å². The number of amides is 1. The molecule has 1 amide bonds. The average Bonchev–Trinajstić information content (AvgIpc) is 3.33. The minimum atomic E-state index is -4.38. The van der Waals surface area contributed by atoms with Crippen LogP contribution >= 0.6 is 11.3 Å². The van der Waals surface area contributed by atoms with E-state index in [1.165, 1.54) is 23.5 Å². The predicted octanol–water partition coefficient (Wildman–Crippen LogP) is 7.65. The molecule has 37 heavy (non-hydrogen) atoms. The Labute approximate surface area is 218 Å². The zero-order valence-corrected chi connectivity index (χ0v) is 21.5. The van der Waals surface area contributed by atoms with E-state index in [0.717, 1.165) is 53.8 Å². The van der Waals surface area contributed by atoms with Crippen molar-refractivity contribution in [2.45, 2.75) is 58.2 Å². The van der Waals surface area contributed by atoms with Crippen LogP contribution in [0, 0.1) is 6.92 Å². The summed E-state index contributed by atoms with van der Waals surface area (Å²) in [5, 5.41) is 11.4. The molecule has 0 aliphatic rings. The molecular formula is C28H30F3NO4S. The molecule has 1 heterocycles. The van der Waals surface area contributed by atoms with Crippen LogP contribution in [0.4, 0.5) is 13.2 Å². The molecule has 2 N–H and O–H groups in total. The second-order valence-corrected chi connectivity index (χ2v) is 9.87. The summed E-state index contributed by atoms with van der Waals surface area (Å²) in [5.74, 6) is -0.659. The highest BCUT2D eigenvalue weighted by Gasteiger charge is 2.30. The SMILES string of the molecule is CCCCCC(Oc1ccc(-c2ccc(C(F)(F)F)cc2)c(C)c1)c1ccc(C(=O)NCCC(=O)O)s1. The fourth-order valence-electron chi connectivity index (χ4n) is 3.89. The van der Waals surface area contributed by atoms with Crippen LogP contribution in [0.5, 0.6) is 5.75 Å². The van der Waals surface area contributed by atoms with E-state index in [4.69, 9.17) is 9.84 Å². The number of carboxylic acid groups (broad SMARTS) is 1. The van der Waals surface area contributed by atoms with Crippen molar-refractivity contribution in [3.63, 3.8) is 0 Å². The molecule has 0 aliphatic carbocycles. The van der Waals surface area contributed by atoms with Crippen LogP contribution in [-0.2, 0) is 11.0 Å². The third kappa shape index (κ3) is 8.08. The Morgan fingerprint density at radius 1 is 1.05 bits per heavy atom. The Kier molecular flexibility index (Phi) is 9.74. The summed E-state index contributed by atoms with van der Waals surface area (Å²) in [7, 11) is 0. The molecule has 1 aromatic heterocycles. The standard InChI is InChI=1S/C28H30F3NO4S/c1-3-4-5-6-23(24-13-14-25(37-24)27(35)32-16-15-26(33)34)36-21-11-12-22(18(2)17-21)19-7-9-20(10-8-19)28(29,30)31/h7-14,17,23H,3-6,15-16H2,1-2H3,(H,32,35)(H,33,34). The highest BCUT2D eigenvalue weighted by molar-refractivity contribution is 7.14. The van der Waals surface area contributed by atoms with Gasteiger partial charge in [-0.1, -0.05) is 38.0 Å². The number of nitrogens with one attached hydrogen (secondary N) is 1.